The molecule has 0 aliphatic heterocycles. The van der Waals surface area contributed by atoms with Gasteiger partial charge in [0.25, 0.3) is 0 Å². The van der Waals surface area contributed by atoms with E-state index in [1.54, 1.807) is 0 Å². The van der Waals surface area contributed by atoms with Crippen LogP contribution >= 0.6 is 22.6 Å². The van der Waals surface area contributed by atoms with Gasteiger partial charge in [-0.15, -0.1) is 0 Å². The van der Waals surface area contributed by atoms with E-state index in [0.717, 1.165) is 10.2 Å². The minimum absolute atomic E-state index is 0.394. The zero-order valence-corrected chi connectivity index (χ0v) is 10.9. The highest BCUT2D eigenvalue weighted by molar-refractivity contribution is 14.1. The zero-order valence-electron chi connectivity index (χ0n) is 8.76. The van der Waals surface area contributed by atoms with Crippen LogP contribution in [-0.2, 0) is 6.54 Å². The van der Waals surface area contributed by atoms with E-state index in [-0.39, 0.29) is 0 Å². The van der Waals surface area contributed by atoms with Crippen molar-refractivity contribution in [3.8, 4) is 0 Å². The molecule has 0 bridgehead atoms. The normalized spacial score (nSPS) is 12.1. The number of aryl methyl sites for hydroxylation is 2. The van der Waals surface area contributed by atoms with Crippen LogP contribution in [-0.4, -0.2) is 9.78 Å². The van der Waals surface area contributed by atoms with E-state index >= 15 is 0 Å². The Kier molecular flexibility index (Phi) is 3.38. The molecule has 0 aliphatic rings. The third-order valence-corrected chi connectivity index (χ3v) is 3.04. The first-order valence-corrected chi connectivity index (χ1v) is 5.66. The van der Waals surface area contributed by atoms with Gasteiger partial charge in [-0.1, -0.05) is 20.8 Å². The van der Waals surface area contributed by atoms with Crippen LogP contribution in [0.1, 0.15) is 32.8 Å². The molecule has 0 saturated heterocycles. The molecule has 1 heterocycles. The lowest BCUT2D eigenvalue weighted by atomic mass is 9.92. The second-order valence-electron chi connectivity index (χ2n) is 4.68. The highest BCUT2D eigenvalue weighted by Crippen LogP contribution is 2.19. The standard InChI is InChI=1S/C10H17IN2/c1-8-7-13(12-9(8)11)6-5-10(2,3)4/h7H,5-6H2,1-4H3. The largest absolute Gasteiger partial charge is 0.271 e. The van der Waals surface area contributed by atoms with Gasteiger partial charge in [-0.2, -0.15) is 5.10 Å². The van der Waals surface area contributed by atoms with Gasteiger partial charge in [-0.3, -0.25) is 4.68 Å². The van der Waals surface area contributed by atoms with E-state index in [9.17, 15) is 0 Å². The van der Waals surface area contributed by atoms with Crippen LogP contribution in [0, 0.1) is 16.0 Å². The fourth-order valence-electron chi connectivity index (χ4n) is 1.06. The van der Waals surface area contributed by atoms with E-state index in [1.807, 2.05) is 4.68 Å². The first kappa shape index (κ1) is 11.0. The van der Waals surface area contributed by atoms with E-state index < -0.39 is 0 Å². The van der Waals surface area contributed by atoms with Crippen molar-refractivity contribution in [3.05, 3.63) is 15.5 Å². The van der Waals surface area contributed by atoms with Gasteiger partial charge >= 0.3 is 0 Å². The Bertz CT molecular complexity index is 264. The van der Waals surface area contributed by atoms with Crippen LogP contribution in [0.15, 0.2) is 6.20 Å². The monoisotopic (exact) mass is 292 g/mol. The van der Waals surface area contributed by atoms with Crippen LogP contribution in [0.5, 0.6) is 0 Å². The second kappa shape index (κ2) is 3.98. The molecule has 1 rings (SSSR count). The van der Waals surface area contributed by atoms with Gasteiger partial charge in [0, 0.05) is 18.3 Å². The summed E-state index contributed by atoms with van der Waals surface area (Å²) < 4.78 is 3.16. The number of hydrogen-bond acceptors (Lipinski definition) is 1. The first-order valence-electron chi connectivity index (χ1n) is 4.58. The summed E-state index contributed by atoms with van der Waals surface area (Å²) in [5.74, 6) is 0. The van der Waals surface area contributed by atoms with Gasteiger partial charge in [0.15, 0.2) is 0 Å². The van der Waals surface area contributed by atoms with Crippen LogP contribution < -0.4 is 0 Å². The van der Waals surface area contributed by atoms with Crippen molar-refractivity contribution in [1.29, 1.82) is 0 Å². The Morgan fingerprint density at radius 2 is 2.08 bits per heavy atom. The summed E-state index contributed by atoms with van der Waals surface area (Å²) in [7, 11) is 0. The summed E-state index contributed by atoms with van der Waals surface area (Å²) in [6, 6.07) is 0. The summed E-state index contributed by atoms with van der Waals surface area (Å²) in [6.07, 6.45) is 3.29. The molecule has 0 aliphatic carbocycles. The maximum absolute atomic E-state index is 4.42. The third-order valence-electron chi connectivity index (χ3n) is 1.98. The summed E-state index contributed by atoms with van der Waals surface area (Å²) in [4.78, 5) is 0. The predicted octanol–water partition coefficient (Wildman–Crippen LogP) is 3.23. The molecule has 0 N–H and O–H groups in total. The van der Waals surface area contributed by atoms with Crippen molar-refractivity contribution in [3.63, 3.8) is 0 Å². The summed E-state index contributed by atoms with van der Waals surface area (Å²) in [5.41, 5.74) is 1.67. The molecule has 0 radical (unpaired) electrons. The second-order valence-corrected chi connectivity index (χ2v) is 5.70. The molecule has 0 unspecified atom stereocenters. The third kappa shape index (κ3) is 3.67. The molecule has 0 saturated carbocycles. The Morgan fingerprint density at radius 3 is 2.46 bits per heavy atom. The number of halogens is 1. The fraction of sp³-hybridized carbons (Fsp3) is 0.700. The Hall–Kier alpha value is -0.0600. The van der Waals surface area contributed by atoms with Crippen molar-refractivity contribution in [1.82, 2.24) is 9.78 Å². The van der Waals surface area contributed by atoms with Crippen LogP contribution in [0.2, 0.25) is 0 Å². The molecule has 1 aromatic rings. The average molecular weight is 292 g/mol. The fourth-order valence-corrected chi connectivity index (χ4v) is 1.48. The van der Waals surface area contributed by atoms with Gasteiger partial charge in [0.2, 0.25) is 0 Å². The lowest BCUT2D eigenvalue weighted by Gasteiger charge is -2.17. The Balaban J connectivity index is 2.56. The number of aromatic nitrogens is 2. The number of nitrogens with zero attached hydrogens (tertiary/aromatic N) is 2. The lowest BCUT2D eigenvalue weighted by Crippen LogP contribution is -2.10. The molecule has 3 heteroatoms. The molecule has 13 heavy (non-hydrogen) atoms. The van der Waals surface area contributed by atoms with E-state index in [1.165, 1.54) is 12.0 Å². The van der Waals surface area contributed by atoms with Gasteiger partial charge in [-0.25, -0.2) is 0 Å². The molecule has 74 valence electrons. The first-order chi connectivity index (χ1) is 5.88. The molecule has 0 amide bonds. The topological polar surface area (TPSA) is 17.8 Å². The van der Waals surface area contributed by atoms with Crippen LogP contribution in [0.4, 0.5) is 0 Å². The summed E-state index contributed by atoms with van der Waals surface area (Å²) in [6.45, 7) is 9.90. The maximum atomic E-state index is 4.42. The molecule has 0 fully saturated rings. The smallest absolute Gasteiger partial charge is 0.126 e. The Labute approximate surface area is 93.9 Å². The summed E-state index contributed by atoms with van der Waals surface area (Å²) in [5, 5.41) is 4.42. The SMILES string of the molecule is Cc1cn(CCC(C)(C)C)nc1I. The minimum atomic E-state index is 0.394. The zero-order chi connectivity index (χ0) is 10.1. The van der Waals surface area contributed by atoms with Crippen molar-refractivity contribution >= 4 is 22.6 Å². The van der Waals surface area contributed by atoms with E-state index in [0.29, 0.717) is 5.41 Å². The average Bonchev–Trinajstić information content (AvgIpc) is 2.27. The maximum Gasteiger partial charge on any atom is 0.126 e. The molecule has 2 nitrogen and oxygen atoms in total. The molecule has 0 spiro atoms. The highest BCUT2D eigenvalue weighted by atomic mass is 127. The molecular formula is C10H17IN2. The van der Waals surface area contributed by atoms with Crippen LogP contribution in [0.25, 0.3) is 0 Å². The van der Waals surface area contributed by atoms with Gasteiger partial charge in [0.1, 0.15) is 3.70 Å². The van der Waals surface area contributed by atoms with Crippen molar-refractivity contribution in [2.75, 3.05) is 0 Å². The van der Waals surface area contributed by atoms with Gasteiger partial charge < -0.3 is 0 Å². The molecule has 0 aromatic carbocycles. The van der Waals surface area contributed by atoms with Gasteiger partial charge in [-0.05, 0) is 41.4 Å². The Morgan fingerprint density at radius 1 is 1.46 bits per heavy atom. The molecule has 0 atom stereocenters. The lowest BCUT2D eigenvalue weighted by molar-refractivity contribution is 0.340. The highest BCUT2D eigenvalue weighted by Gasteiger charge is 2.10. The molecule has 1 aromatic heterocycles. The van der Waals surface area contributed by atoms with Crippen LogP contribution in [0.3, 0.4) is 0 Å². The number of hydrogen-bond donors (Lipinski definition) is 0. The van der Waals surface area contributed by atoms with Gasteiger partial charge in [0.05, 0.1) is 0 Å². The minimum Gasteiger partial charge on any atom is -0.271 e. The van der Waals surface area contributed by atoms with Crippen molar-refractivity contribution < 1.29 is 0 Å². The summed E-state index contributed by atoms with van der Waals surface area (Å²) >= 11 is 2.27. The van der Waals surface area contributed by atoms with E-state index in [2.05, 4.69) is 61.6 Å². The predicted molar refractivity (Wildman–Crippen MR) is 63.8 cm³/mol. The van der Waals surface area contributed by atoms with Crippen molar-refractivity contribution in [2.45, 2.75) is 40.7 Å². The van der Waals surface area contributed by atoms with Crippen molar-refractivity contribution in [2.24, 2.45) is 5.41 Å². The van der Waals surface area contributed by atoms with E-state index in [4.69, 9.17) is 0 Å². The number of rotatable bonds is 2. The molecular weight excluding hydrogens is 275 g/mol. The quantitative estimate of drug-likeness (QED) is 0.765.